The SMILES string of the molecule is Cc1nc(N2CCCC(C(=N)N)C2)cc2n[nH]c(=O)n12. The van der Waals surface area contributed by atoms with Gasteiger partial charge in [0.15, 0.2) is 5.65 Å². The number of anilines is 1. The van der Waals surface area contributed by atoms with Gasteiger partial charge >= 0.3 is 5.69 Å². The van der Waals surface area contributed by atoms with E-state index in [-0.39, 0.29) is 17.4 Å². The Bertz CT molecular complexity index is 716. The van der Waals surface area contributed by atoms with Crippen LogP contribution < -0.4 is 16.3 Å². The van der Waals surface area contributed by atoms with Gasteiger partial charge < -0.3 is 10.6 Å². The predicted octanol–water partition coefficient (Wildman–Crippen LogP) is -0.122. The van der Waals surface area contributed by atoms with Crippen LogP contribution in [-0.2, 0) is 0 Å². The van der Waals surface area contributed by atoms with Crippen molar-refractivity contribution in [1.82, 2.24) is 19.6 Å². The number of piperidine rings is 1. The van der Waals surface area contributed by atoms with Gasteiger partial charge in [-0.3, -0.25) is 5.41 Å². The third-order valence-corrected chi connectivity index (χ3v) is 3.74. The molecule has 0 aliphatic carbocycles. The fourth-order valence-electron chi connectivity index (χ4n) is 2.68. The molecule has 20 heavy (non-hydrogen) atoms. The highest BCUT2D eigenvalue weighted by Gasteiger charge is 2.23. The topological polar surface area (TPSA) is 116 Å². The van der Waals surface area contributed by atoms with Gasteiger partial charge in [-0.15, -0.1) is 0 Å². The quantitative estimate of drug-likeness (QED) is 0.522. The second-order valence-electron chi connectivity index (χ2n) is 5.12. The van der Waals surface area contributed by atoms with Gasteiger partial charge in [-0.1, -0.05) is 0 Å². The van der Waals surface area contributed by atoms with Gasteiger partial charge in [0.25, 0.3) is 0 Å². The van der Waals surface area contributed by atoms with Crippen LogP contribution in [0.1, 0.15) is 18.7 Å². The maximum atomic E-state index is 11.6. The van der Waals surface area contributed by atoms with Crippen LogP contribution in [0.15, 0.2) is 10.9 Å². The molecule has 8 heteroatoms. The summed E-state index contributed by atoms with van der Waals surface area (Å²) in [5.41, 5.74) is 5.88. The zero-order chi connectivity index (χ0) is 14.3. The third kappa shape index (κ3) is 2.02. The third-order valence-electron chi connectivity index (χ3n) is 3.74. The molecule has 0 amide bonds. The molecule has 1 fully saturated rings. The minimum atomic E-state index is -0.281. The zero-order valence-corrected chi connectivity index (χ0v) is 11.3. The fourth-order valence-corrected chi connectivity index (χ4v) is 2.68. The van der Waals surface area contributed by atoms with Gasteiger partial charge in [-0.05, 0) is 19.8 Å². The van der Waals surface area contributed by atoms with Gasteiger partial charge in [0.1, 0.15) is 11.6 Å². The Labute approximate surface area is 115 Å². The largest absolute Gasteiger partial charge is 0.387 e. The van der Waals surface area contributed by atoms with Crippen LogP contribution in [0.25, 0.3) is 5.65 Å². The molecule has 3 heterocycles. The number of H-pyrrole nitrogens is 1. The van der Waals surface area contributed by atoms with Crippen LogP contribution >= 0.6 is 0 Å². The molecule has 1 unspecified atom stereocenters. The summed E-state index contributed by atoms with van der Waals surface area (Å²) in [4.78, 5) is 18.1. The van der Waals surface area contributed by atoms with Crippen molar-refractivity contribution >= 4 is 17.3 Å². The first-order valence-electron chi connectivity index (χ1n) is 6.60. The normalized spacial score (nSPS) is 19.4. The minimum Gasteiger partial charge on any atom is -0.387 e. The molecule has 0 saturated carbocycles. The lowest BCUT2D eigenvalue weighted by Crippen LogP contribution is -2.41. The van der Waals surface area contributed by atoms with E-state index in [2.05, 4.69) is 20.1 Å². The molecule has 1 saturated heterocycles. The number of hydrogen-bond acceptors (Lipinski definition) is 5. The molecule has 0 spiro atoms. The van der Waals surface area contributed by atoms with Crippen molar-refractivity contribution in [3.8, 4) is 0 Å². The Morgan fingerprint density at radius 3 is 3.15 bits per heavy atom. The van der Waals surface area contributed by atoms with Crippen molar-refractivity contribution in [3.63, 3.8) is 0 Å². The summed E-state index contributed by atoms with van der Waals surface area (Å²) in [6.45, 7) is 3.34. The number of rotatable bonds is 2. The Morgan fingerprint density at radius 1 is 1.60 bits per heavy atom. The second-order valence-corrected chi connectivity index (χ2v) is 5.12. The Hall–Kier alpha value is -2.38. The molecule has 8 nitrogen and oxygen atoms in total. The van der Waals surface area contributed by atoms with Gasteiger partial charge in [0.05, 0.1) is 5.84 Å². The van der Waals surface area contributed by atoms with Crippen LogP contribution in [0.4, 0.5) is 5.82 Å². The van der Waals surface area contributed by atoms with Crippen molar-refractivity contribution in [2.24, 2.45) is 11.7 Å². The maximum Gasteiger partial charge on any atom is 0.349 e. The molecular formula is C12H17N7O. The van der Waals surface area contributed by atoms with E-state index in [1.54, 1.807) is 13.0 Å². The Morgan fingerprint density at radius 2 is 2.40 bits per heavy atom. The van der Waals surface area contributed by atoms with Crippen LogP contribution in [0.2, 0.25) is 0 Å². The van der Waals surface area contributed by atoms with E-state index in [9.17, 15) is 4.79 Å². The molecule has 4 N–H and O–H groups in total. The monoisotopic (exact) mass is 275 g/mol. The highest BCUT2D eigenvalue weighted by molar-refractivity contribution is 5.80. The summed E-state index contributed by atoms with van der Waals surface area (Å²) in [5.74, 6) is 1.67. The van der Waals surface area contributed by atoms with Crippen LogP contribution in [0.5, 0.6) is 0 Å². The van der Waals surface area contributed by atoms with E-state index in [4.69, 9.17) is 11.1 Å². The van der Waals surface area contributed by atoms with Gasteiger partial charge in [-0.25, -0.2) is 19.3 Å². The fraction of sp³-hybridized carbons (Fsp3) is 0.500. The highest BCUT2D eigenvalue weighted by atomic mass is 16.1. The molecule has 3 rings (SSSR count). The first-order chi connectivity index (χ1) is 9.56. The Kier molecular flexibility index (Phi) is 2.92. The van der Waals surface area contributed by atoms with Crippen LogP contribution in [0.3, 0.4) is 0 Å². The molecule has 0 radical (unpaired) electrons. The van der Waals surface area contributed by atoms with Crippen molar-refractivity contribution < 1.29 is 0 Å². The van der Waals surface area contributed by atoms with E-state index in [1.807, 2.05) is 0 Å². The lowest BCUT2D eigenvalue weighted by Gasteiger charge is -2.33. The molecule has 2 aromatic rings. The van der Waals surface area contributed by atoms with E-state index >= 15 is 0 Å². The maximum absolute atomic E-state index is 11.6. The number of nitrogens with one attached hydrogen (secondary N) is 2. The Balaban J connectivity index is 1.97. The summed E-state index contributed by atoms with van der Waals surface area (Å²) in [7, 11) is 0. The first-order valence-corrected chi connectivity index (χ1v) is 6.60. The molecule has 0 aromatic carbocycles. The lowest BCUT2D eigenvalue weighted by atomic mass is 9.97. The van der Waals surface area contributed by atoms with E-state index in [0.717, 1.165) is 25.2 Å². The van der Waals surface area contributed by atoms with Crippen LogP contribution in [0, 0.1) is 18.3 Å². The van der Waals surface area contributed by atoms with Crippen molar-refractivity contribution in [2.45, 2.75) is 19.8 Å². The number of aryl methyl sites for hydroxylation is 1. The van der Waals surface area contributed by atoms with Gasteiger partial charge in [-0.2, -0.15) is 5.10 Å². The predicted molar refractivity (Wildman–Crippen MR) is 75.2 cm³/mol. The highest BCUT2D eigenvalue weighted by Crippen LogP contribution is 2.22. The molecular weight excluding hydrogens is 258 g/mol. The standard InChI is InChI=1S/C12H17N7O/c1-7-15-9(5-10-16-17-12(20)19(7)10)18-4-2-3-8(6-18)11(13)14/h5,8H,2-4,6H2,1H3,(H3,13,14)(H,17,20). The molecule has 106 valence electrons. The zero-order valence-electron chi connectivity index (χ0n) is 11.3. The molecule has 1 aliphatic rings. The smallest absolute Gasteiger partial charge is 0.349 e. The molecule has 2 aromatic heterocycles. The molecule has 1 atom stereocenters. The van der Waals surface area contributed by atoms with E-state index < -0.39 is 0 Å². The second kappa shape index (κ2) is 4.62. The van der Waals surface area contributed by atoms with E-state index in [0.29, 0.717) is 18.0 Å². The molecule has 1 aliphatic heterocycles. The lowest BCUT2D eigenvalue weighted by molar-refractivity contribution is 0.499. The van der Waals surface area contributed by atoms with Crippen molar-refractivity contribution in [1.29, 1.82) is 5.41 Å². The van der Waals surface area contributed by atoms with E-state index in [1.165, 1.54) is 4.40 Å². The number of amidine groups is 1. The number of aromatic nitrogens is 4. The average molecular weight is 275 g/mol. The van der Waals surface area contributed by atoms with Crippen molar-refractivity contribution in [3.05, 3.63) is 22.4 Å². The number of nitrogens with zero attached hydrogens (tertiary/aromatic N) is 4. The summed E-state index contributed by atoms with van der Waals surface area (Å²) < 4.78 is 1.44. The number of fused-ring (bicyclic) bond motifs is 1. The number of hydrogen-bond donors (Lipinski definition) is 3. The number of nitrogens with two attached hydrogens (primary N) is 1. The molecule has 0 bridgehead atoms. The van der Waals surface area contributed by atoms with Gasteiger partial charge in [0, 0.05) is 25.1 Å². The van der Waals surface area contributed by atoms with Crippen molar-refractivity contribution in [2.75, 3.05) is 18.0 Å². The average Bonchev–Trinajstić information content (AvgIpc) is 2.81. The summed E-state index contributed by atoms with van der Waals surface area (Å²) >= 11 is 0. The summed E-state index contributed by atoms with van der Waals surface area (Å²) in [6.07, 6.45) is 1.92. The summed E-state index contributed by atoms with van der Waals surface area (Å²) in [5, 5.41) is 14.0. The van der Waals surface area contributed by atoms with Gasteiger partial charge in [0.2, 0.25) is 0 Å². The minimum absolute atomic E-state index is 0.0726. The van der Waals surface area contributed by atoms with Crippen LogP contribution in [-0.4, -0.2) is 38.5 Å². The number of aromatic amines is 1. The first kappa shape index (κ1) is 12.6. The summed E-state index contributed by atoms with van der Waals surface area (Å²) in [6, 6.07) is 1.79.